The van der Waals surface area contributed by atoms with Crippen LogP contribution in [0.3, 0.4) is 0 Å². The number of aryl methyl sites for hydroxylation is 2. The lowest BCUT2D eigenvalue weighted by atomic mass is 10.0. The van der Waals surface area contributed by atoms with E-state index in [1.807, 2.05) is 38.1 Å². The molecule has 0 spiro atoms. The number of nitrogens with zero attached hydrogens (tertiary/aromatic N) is 1. The van der Waals surface area contributed by atoms with Crippen molar-refractivity contribution in [1.82, 2.24) is 3.97 Å². The summed E-state index contributed by atoms with van der Waals surface area (Å²) < 4.78 is 27.0. The second-order valence-electron chi connectivity index (χ2n) is 5.76. The van der Waals surface area contributed by atoms with Gasteiger partial charge in [-0.2, -0.15) is 0 Å². The van der Waals surface area contributed by atoms with Crippen LogP contribution < -0.4 is 0 Å². The van der Waals surface area contributed by atoms with Gasteiger partial charge in [0.15, 0.2) is 0 Å². The van der Waals surface area contributed by atoms with Gasteiger partial charge < -0.3 is 5.11 Å². The first-order valence-electron chi connectivity index (χ1n) is 7.42. The lowest BCUT2D eigenvalue weighted by Crippen LogP contribution is -2.14. The summed E-state index contributed by atoms with van der Waals surface area (Å²) in [7, 11) is -3.52. The fourth-order valence-corrected chi connectivity index (χ4v) is 4.55. The van der Waals surface area contributed by atoms with Crippen molar-refractivity contribution in [1.29, 1.82) is 0 Å². The van der Waals surface area contributed by atoms with Crippen LogP contribution in [0, 0.1) is 13.8 Å². The van der Waals surface area contributed by atoms with Gasteiger partial charge in [-0.05, 0) is 42.2 Å². The lowest BCUT2D eigenvalue weighted by Gasteiger charge is -2.12. The molecule has 3 aromatic rings. The van der Waals surface area contributed by atoms with Crippen molar-refractivity contribution in [2.45, 2.75) is 26.2 Å². The van der Waals surface area contributed by atoms with E-state index in [1.165, 1.54) is 3.97 Å². The third-order valence-electron chi connectivity index (χ3n) is 4.11. The minimum atomic E-state index is -3.52. The monoisotopic (exact) mass is 329 g/mol. The van der Waals surface area contributed by atoms with Crippen molar-refractivity contribution in [2.75, 3.05) is 0 Å². The standard InChI is InChI=1S/C18H19NO3S/c1-13-10-14(2)18-16(17(13)11-20)8-9-19(18)23(21,22)12-15-6-4-3-5-7-15/h3-10,20H,11-12H2,1-2H3. The molecule has 0 aliphatic heterocycles. The van der Waals surface area contributed by atoms with Crippen molar-refractivity contribution in [3.05, 3.63) is 70.9 Å². The van der Waals surface area contributed by atoms with E-state index in [-0.39, 0.29) is 12.4 Å². The summed E-state index contributed by atoms with van der Waals surface area (Å²) in [6.45, 7) is 3.71. The van der Waals surface area contributed by atoms with Gasteiger partial charge >= 0.3 is 0 Å². The molecule has 0 saturated carbocycles. The van der Waals surface area contributed by atoms with E-state index >= 15 is 0 Å². The molecule has 0 radical (unpaired) electrons. The molecule has 3 rings (SSSR count). The number of hydrogen-bond donors (Lipinski definition) is 1. The molecule has 0 aliphatic rings. The van der Waals surface area contributed by atoms with Crippen LogP contribution in [-0.2, 0) is 22.4 Å². The summed E-state index contributed by atoms with van der Waals surface area (Å²) in [6, 6.07) is 12.8. The second kappa shape index (κ2) is 5.83. The Morgan fingerprint density at radius 3 is 2.39 bits per heavy atom. The van der Waals surface area contributed by atoms with Crippen molar-refractivity contribution in [3.8, 4) is 0 Å². The van der Waals surface area contributed by atoms with Crippen molar-refractivity contribution in [2.24, 2.45) is 0 Å². The number of aromatic nitrogens is 1. The van der Waals surface area contributed by atoms with Crippen molar-refractivity contribution < 1.29 is 13.5 Å². The SMILES string of the molecule is Cc1cc(C)c2c(ccn2S(=O)(=O)Cc2ccccc2)c1CO. The van der Waals surface area contributed by atoms with E-state index in [4.69, 9.17) is 0 Å². The Balaban J connectivity index is 2.17. The molecule has 23 heavy (non-hydrogen) atoms. The van der Waals surface area contributed by atoms with Gasteiger partial charge in [-0.1, -0.05) is 36.4 Å². The van der Waals surface area contributed by atoms with E-state index in [0.717, 1.165) is 27.6 Å². The molecule has 4 nitrogen and oxygen atoms in total. The van der Waals surface area contributed by atoms with Crippen LogP contribution in [0.25, 0.3) is 10.9 Å². The van der Waals surface area contributed by atoms with Crippen LogP contribution in [0.5, 0.6) is 0 Å². The molecule has 0 saturated heterocycles. The zero-order valence-corrected chi connectivity index (χ0v) is 14.0. The number of hydrogen-bond acceptors (Lipinski definition) is 3. The average Bonchev–Trinajstić information content (AvgIpc) is 2.94. The summed E-state index contributed by atoms with van der Waals surface area (Å²) in [5.41, 5.74) is 4.03. The molecule has 0 unspecified atom stereocenters. The van der Waals surface area contributed by atoms with Gasteiger partial charge in [-0.25, -0.2) is 12.4 Å². The molecule has 1 heterocycles. The van der Waals surface area contributed by atoms with Crippen molar-refractivity contribution >= 4 is 20.9 Å². The minimum Gasteiger partial charge on any atom is -0.392 e. The Bertz CT molecular complexity index is 957. The Labute approximate surface area is 136 Å². The fraction of sp³-hybridized carbons (Fsp3) is 0.222. The van der Waals surface area contributed by atoms with Gasteiger partial charge in [-0.15, -0.1) is 0 Å². The van der Waals surface area contributed by atoms with Gasteiger partial charge in [0.05, 0.1) is 17.9 Å². The highest BCUT2D eigenvalue weighted by Gasteiger charge is 2.20. The van der Waals surface area contributed by atoms with Crippen LogP contribution in [0.4, 0.5) is 0 Å². The molecule has 0 fully saturated rings. The predicted molar refractivity (Wildman–Crippen MR) is 91.8 cm³/mol. The van der Waals surface area contributed by atoms with E-state index in [9.17, 15) is 13.5 Å². The maximum atomic E-state index is 12.8. The summed E-state index contributed by atoms with van der Waals surface area (Å²) in [6.07, 6.45) is 1.58. The number of aliphatic hydroxyl groups excluding tert-OH is 1. The van der Waals surface area contributed by atoms with Gasteiger partial charge in [0.2, 0.25) is 10.0 Å². The Morgan fingerprint density at radius 2 is 1.74 bits per heavy atom. The molecule has 1 aromatic heterocycles. The van der Waals surface area contributed by atoms with Crippen LogP contribution in [-0.4, -0.2) is 17.5 Å². The van der Waals surface area contributed by atoms with Gasteiger partial charge in [0.1, 0.15) is 0 Å². The summed E-state index contributed by atoms with van der Waals surface area (Å²) in [5, 5.41) is 10.4. The summed E-state index contributed by atoms with van der Waals surface area (Å²) in [4.78, 5) is 0. The van der Waals surface area contributed by atoms with Crippen LogP contribution in [0.1, 0.15) is 22.3 Å². The molecule has 1 N–H and O–H groups in total. The highest BCUT2D eigenvalue weighted by Crippen LogP contribution is 2.29. The first-order chi connectivity index (χ1) is 10.9. The third kappa shape index (κ3) is 2.78. The van der Waals surface area contributed by atoms with E-state index < -0.39 is 10.0 Å². The highest BCUT2D eigenvalue weighted by molar-refractivity contribution is 7.89. The van der Waals surface area contributed by atoms with E-state index in [2.05, 4.69) is 0 Å². The van der Waals surface area contributed by atoms with Gasteiger partial charge in [-0.3, -0.25) is 0 Å². The summed E-state index contributed by atoms with van der Waals surface area (Å²) >= 11 is 0. The maximum Gasteiger partial charge on any atom is 0.243 e. The molecule has 5 heteroatoms. The Hall–Kier alpha value is -2.11. The fourth-order valence-electron chi connectivity index (χ4n) is 3.03. The lowest BCUT2D eigenvalue weighted by molar-refractivity contribution is 0.282. The number of benzene rings is 2. The molecule has 2 aromatic carbocycles. The van der Waals surface area contributed by atoms with Crippen LogP contribution in [0.2, 0.25) is 0 Å². The normalized spacial score (nSPS) is 12.0. The van der Waals surface area contributed by atoms with E-state index in [0.29, 0.717) is 5.52 Å². The quantitative estimate of drug-likeness (QED) is 0.800. The average molecular weight is 329 g/mol. The Morgan fingerprint density at radius 1 is 1.04 bits per heavy atom. The maximum absolute atomic E-state index is 12.8. The summed E-state index contributed by atoms with van der Waals surface area (Å²) in [5.74, 6) is -0.0562. The first kappa shape index (κ1) is 15.8. The molecule has 0 amide bonds. The molecule has 0 aliphatic carbocycles. The third-order valence-corrected chi connectivity index (χ3v) is 5.71. The molecule has 0 atom stereocenters. The number of aliphatic hydroxyl groups is 1. The molecular formula is C18H19NO3S. The number of rotatable bonds is 4. The van der Waals surface area contributed by atoms with Gasteiger partial charge in [0, 0.05) is 11.6 Å². The van der Waals surface area contributed by atoms with Crippen LogP contribution >= 0.6 is 0 Å². The zero-order chi connectivity index (χ0) is 16.6. The van der Waals surface area contributed by atoms with Crippen molar-refractivity contribution in [3.63, 3.8) is 0 Å². The zero-order valence-electron chi connectivity index (χ0n) is 13.2. The second-order valence-corrected chi connectivity index (χ2v) is 7.61. The smallest absolute Gasteiger partial charge is 0.243 e. The topological polar surface area (TPSA) is 59.3 Å². The number of fused-ring (bicyclic) bond motifs is 1. The molecular weight excluding hydrogens is 310 g/mol. The van der Waals surface area contributed by atoms with Gasteiger partial charge in [0.25, 0.3) is 0 Å². The molecule has 0 bridgehead atoms. The highest BCUT2D eigenvalue weighted by atomic mass is 32.2. The first-order valence-corrected chi connectivity index (χ1v) is 9.03. The molecule has 120 valence electrons. The van der Waals surface area contributed by atoms with E-state index in [1.54, 1.807) is 24.4 Å². The predicted octanol–water partition coefficient (Wildman–Crippen LogP) is 3.13. The van der Waals surface area contributed by atoms with Crippen LogP contribution in [0.15, 0.2) is 48.7 Å². The largest absolute Gasteiger partial charge is 0.392 e. The minimum absolute atomic E-state index is 0.0562. The Kier molecular flexibility index (Phi) is 4.00.